The van der Waals surface area contributed by atoms with E-state index in [1.165, 1.54) is 0 Å². The Balaban J connectivity index is 2.37. The largest absolute Gasteiger partial charge is 0.382 e. The summed E-state index contributed by atoms with van der Waals surface area (Å²) in [7, 11) is 1.58. The summed E-state index contributed by atoms with van der Waals surface area (Å²) >= 11 is 0. The Morgan fingerprint density at radius 3 is 2.62 bits per heavy atom. The minimum Gasteiger partial charge on any atom is -0.382 e. The van der Waals surface area contributed by atoms with Crippen molar-refractivity contribution in [2.45, 2.75) is 12.8 Å². The van der Waals surface area contributed by atoms with E-state index in [0.717, 1.165) is 5.56 Å². The fraction of sp³-hybridized carbons (Fsp3) is 0.417. The van der Waals surface area contributed by atoms with Crippen molar-refractivity contribution in [3.8, 4) is 0 Å². The van der Waals surface area contributed by atoms with E-state index in [9.17, 15) is 4.79 Å². The van der Waals surface area contributed by atoms with Gasteiger partial charge in [-0.25, -0.2) is 5.48 Å². The van der Waals surface area contributed by atoms with Crippen LogP contribution in [-0.2, 0) is 14.4 Å². The predicted octanol–water partition coefficient (Wildman–Crippen LogP) is 1.48. The molecule has 0 saturated heterocycles. The molecule has 0 bridgehead atoms. The highest BCUT2D eigenvalue weighted by molar-refractivity contribution is 5.82. The van der Waals surface area contributed by atoms with Gasteiger partial charge in [0.05, 0.1) is 19.1 Å². The molecule has 0 saturated carbocycles. The van der Waals surface area contributed by atoms with Crippen LogP contribution in [0.25, 0.3) is 0 Å². The van der Waals surface area contributed by atoms with Gasteiger partial charge in [-0.1, -0.05) is 30.3 Å². The maximum Gasteiger partial charge on any atom is 0.250 e. The molecule has 0 aromatic heterocycles. The first-order valence-corrected chi connectivity index (χ1v) is 5.21. The predicted molar refractivity (Wildman–Crippen MR) is 60.8 cm³/mol. The molecule has 1 amide bonds. The third-order valence-electron chi connectivity index (χ3n) is 2.26. The van der Waals surface area contributed by atoms with Crippen molar-refractivity contribution in [1.29, 1.82) is 0 Å². The van der Waals surface area contributed by atoms with Crippen molar-refractivity contribution >= 4 is 5.91 Å². The molecule has 16 heavy (non-hydrogen) atoms. The average molecular weight is 223 g/mol. The fourth-order valence-corrected chi connectivity index (χ4v) is 1.23. The van der Waals surface area contributed by atoms with Gasteiger partial charge in [-0.15, -0.1) is 0 Å². The summed E-state index contributed by atoms with van der Waals surface area (Å²) in [5.41, 5.74) is 3.36. The van der Waals surface area contributed by atoms with Gasteiger partial charge in [0.15, 0.2) is 0 Å². The second-order valence-electron chi connectivity index (χ2n) is 3.44. The SMILES string of the molecule is COCCONC(=O)C(C)c1ccccc1. The van der Waals surface area contributed by atoms with Gasteiger partial charge >= 0.3 is 0 Å². The number of rotatable bonds is 6. The second-order valence-corrected chi connectivity index (χ2v) is 3.44. The summed E-state index contributed by atoms with van der Waals surface area (Å²) in [5.74, 6) is -0.369. The smallest absolute Gasteiger partial charge is 0.250 e. The lowest BCUT2D eigenvalue weighted by atomic mass is 10.0. The van der Waals surface area contributed by atoms with Crippen LogP contribution >= 0.6 is 0 Å². The first-order valence-electron chi connectivity index (χ1n) is 5.21. The maximum absolute atomic E-state index is 11.6. The summed E-state index contributed by atoms with van der Waals surface area (Å²) in [6.07, 6.45) is 0. The number of hydrogen-bond donors (Lipinski definition) is 1. The first-order chi connectivity index (χ1) is 7.75. The number of methoxy groups -OCH3 is 1. The van der Waals surface area contributed by atoms with E-state index >= 15 is 0 Å². The van der Waals surface area contributed by atoms with E-state index in [2.05, 4.69) is 5.48 Å². The van der Waals surface area contributed by atoms with Crippen LogP contribution in [0.1, 0.15) is 18.4 Å². The lowest BCUT2D eigenvalue weighted by Crippen LogP contribution is -2.29. The van der Waals surface area contributed by atoms with Crippen LogP contribution in [0.5, 0.6) is 0 Å². The van der Waals surface area contributed by atoms with E-state index in [1.807, 2.05) is 37.3 Å². The van der Waals surface area contributed by atoms with Crippen molar-refractivity contribution in [1.82, 2.24) is 5.48 Å². The molecule has 0 spiro atoms. The van der Waals surface area contributed by atoms with Gasteiger partial charge in [0, 0.05) is 7.11 Å². The molecule has 1 atom stereocenters. The molecule has 88 valence electrons. The standard InChI is InChI=1S/C12H17NO3/c1-10(11-6-4-3-5-7-11)12(14)13-16-9-8-15-2/h3-7,10H,8-9H2,1-2H3,(H,13,14). The zero-order valence-electron chi connectivity index (χ0n) is 9.60. The molecule has 0 fully saturated rings. The quantitative estimate of drug-likeness (QED) is 0.587. The molecule has 4 heteroatoms. The van der Waals surface area contributed by atoms with Crippen molar-refractivity contribution in [3.05, 3.63) is 35.9 Å². The maximum atomic E-state index is 11.6. The fourth-order valence-electron chi connectivity index (χ4n) is 1.23. The number of amides is 1. The monoisotopic (exact) mass is 223 g/mol. The molecule has 1 aromatic carbocycles. The highest BCUT2D eigenvalue weighted by Crippen LogP contribution is 2.13. The molecule has 0 aliphatic rings. The third kappa shape index (κ3) is 4.00. The van der Waals surface area contributed by atoms with Crippen LogP contribution in [0.3, 0.4) is 0 Å². The van der Waals surface area contributed by atoms with Crippen LogP contribution in [0.15, 0.2) is 30.3 Å². The van der Waals surface area contributed by atoms with Gasteiger partial charge in [0.1, 0.15) is 0 Å². The van der Waals surface area contributed by atoms with Crippen LogP contribution < -0.4 is 5.48 Å². The van der Waals surface area contributed by atoms with E-state index in [-0.39, 0.29) is 11.8 Å². The number of hydroxylamine groups is 1. The van der Waals surface area contributed by atoms with Gasteiger partial charge in [-0.2, -0.15) is 0 Å². The number of hydrogen-bond acceptors (Lipinski definition) is 3. The molecule has 0 aliphatic carbocycles. The molecular formula is C12H17NO3. The van der Waals surface area contributed by atoms with Gasteiger partial charge in [0.2, 0.25) is 0 Å². The highest BCUT2D eigenvalue weighted by atomic mass is 16.7. The Bertz CT molecular complexity index is 313. The summed E-state index contributed by atoms with van der Waals surface area (Å²) in [5, 5.41) is 0. The van der Waals surface area contributed by atoms with E-state index in [0.29, 0.717) is 13.2 Å². The Morgan fingerprint density at radius 1 is 1.31 bits per heavy atom. The van der Waals surface area contributed by atoms with Crippen molar-refractivity contribution < 1.29 is 14.4 Å². The van der Waals surface area contributed by atoms with Crippen molar-refractivity contribution in [2.24, 2.45) is 0 Å². The number of carbonyl (C=O) groups excluding carboxylic acids is 1. The van der Waals surface area contributed by atoms with E-state index < -0.39 is 0 Å². The Kier molecular flexibility index (Phi) is 5.53. The zero-order chi connectivity index (χ0) is 11.8. The average Bonchev–Trinajstić information content (AvgIpc) is 2.34. The summed E-state index contributed by atoms with van der Waals surface area (Å²) in [6.45, 7) is 2.65. The molecule has 1 rings (SSSR count). The normalized spacial score (nSPS) is 12.1. The summed E-state index contributed by atoms with van der Waals surface area (Å²) in [4.78, 5) is 16.6. The van der Waals surface area contributed by atoms with Gasteiger partial charge in [-0.05, 0) is 12.5 Å². The lowest BCUT2D eigenvalue weighted by Gasteiger charge is -2.11. The summed E-state index contributed by atoms with van der Waals surface area (Å²) < 4.78 is 4.79. The van der Waals surface area contributed by atoms with Crippen LogP contribution in [0, 0.1) is 0 Å². The second kappa shape index (κ2) is 6.98. The first kappa shape index (κ1) is 12.7. The molecule has 0 radical (unpaired) electrons. The molecule has 1 aromatic rings. The Morgan fingerprint density at radius 2 is 2.00 bits per heavy atom. The third-order valence-corrected chi connectivity index (χ3v) is 2.26. The molecule has 1 N–H and O–H groups in total. The van der Waals surface area contributed by atoms with Gasteiger partial charge in [-0.3, -0.25) is 9.63 Å². The highest BCUT2D eigenvalue weighted by Gasteiger charge is 2.14. The molecular weight excluding hydrogens is 206 g/mol. The number of benzene rings is 1. The van der Waals surface area contributed by atoms with Gasteiger partial charge < -0.3 is 4.74 Å². The number of nitrogens with one attached hydrogen (secondary N) is 1. The van der Waals surface area contributed by atoms with Crippen LogP contribution in [-0.4, -0.2) is 26.2 Å². The Hall–Kier alpha value is -1.39. The minimum atomic E-state index is -0.219. The molecule has 1 unspecified atom stereocenters. The molecule has 0 aliphatic heterocycles. The van der Waals surface area contributed by atoms with E-state index in [4.69, 9.17) is 9.57 Å². The summed E-state index contributed by atoms with van der Waals surface area (Å²) in [6, 6.07) is 9.57. The minimum absolute atomic E-state index is 0.151. The molecule has 0 heterocycles. The lowest BCUT2D eigenvalue weighted by molar-refractivity contribution is -0.135. The van der Waals surface area contributed by atoms with Crippen molar-refractivity contribution in [3.63, 3.8) is 0 Å². The van der Waals surface area contributed by atoms with Crippen molar-refractivity contribution in [2.75, 3.05) is 20.3 Å². The molecule has 4 nitrogen and oxygen atoms in total. The number of carbonyl (C=O) groups is 1. The topological polar surface area (TPSA) is 47.6 Å². The van der Waals surface area contributed by atoms with Gasteiger partial charge in [0.25, 0.3) is 5.91 Å². The number of ether oxygens (including phenoxy) is 1. The van der Waals surface area contributed by atoms with Crippen LogP contribution in [0.4, 0.5) is 0 Å². The van der Waals surface area contributed by atoms with E-state index in [1.54, 1.807) is 7.11 Å². The Labute approximate surface area is 95.5 Å². The van der Waals surface area contributed by atoms with Crippen LogP contribution in [0.2, 0.25) is 0 Å². The zero-order valence-corrected chi connectivity index (χ0v) is 9.60.